The fourth-order valence-electron chi connectivity index (χ4n) is 2.91. The highest BCUT2D eigenvalue weighted by molar-refractivity contribution is 6.09. The zero-order valence-electron chi connectivity index (χ0n) is 13.1. The summed E-state index contributed by atoms with van der Waals surface area (Å²) in [5.74, 6) is 1.88. The van der Waals surface area contributed by atoms with Crippen molar-refractivity contribution in [1.82, 2.24) is 4.90 Å². The van der Waals surface area contributed by atoms with Gasteiger partial charge in [0.25, 0.3) is 5.91 Å². The first-order chi connectivity index (χ1) is 8.16. The highest BCUT2D eigenvalue weighted by atomic mass is 16.2. The van der Waals surface area contributed by atoms with Crippen molar-refractivity contribution >= 4 is 11.7 Å². The summed E-state index contributed by atoms with van der Waals surface area (Å²) in [6, 6.07) is 0.179. The Hall–Kier alpha value is -0.860. The predicted octanol–water partition coefficient (Wildman–Crippen LogP) is 3.34. The van der Waals surface area contributed by atoms with Crippen LogP contribution in [0, 0.1) is 17.8 Å². The number of nitrogens with zero attached hydrogens (tertiary/aromatic N) is 2. The lowest BCUT2D eigenvalue weighted by molar-refractivity contribution is -0.135. The molecule has 1 amide bonds. The Morgan fingerprint density at radius 1 is 0.944 bits per heavy atom. The van der Waals surface area contributed by atoms with Gasteiger partial charge in [0.05, 0.1) is 0 Å². The van der Waals surface area contributed by atoms with Gasteiger partial charge in [-0.2, -0.15) is 0 Å². The lowest BCUT2D eigenvalue weighted by Crippen LogP contribution is -2.51. The molecule has 0 aromatic heterocycles. The van der Waals surface area contributed by atoms with Crippen LogP contribution in [0.5, 0.6) is 0 Å². The Morgan fingerprint density at radius 3 is 1.61 bits per heavy atom. The van der Waals surface area contributed by atoms with Gasteiger partial charge in [-0.1, -0.05) is 41.5 Å². The van der Waals surface area contributed by atoms with Gasteiger partial charge in [0.15, 0.2) is 0 Å². The summed E-state index contributed by atoms with van der Waals surface area (Å²) in [5, 5.41) is 0. The number of amidine groups is 1. The van der Waals surface area contributed by atoms with Crippen molar-refractivity contribution in [3.63, 3.8) is 0 Å². The van der Waals surface area contributed by atoms with Crippen LogP contribution in [0.4, 0.5) is 0 Å². The molecule has 0 radical (unpaired) electrons. The Balaban J connectivity index is 3.36. The second-order valence-electron chi connectivity index (χ2n) is 6.53. The van der Waals surface area contributed by atoms with E-state index >= 15 is 0 Å². The average Bonchev–Trinajstić information content (AvgIpc) is 2.52. The molecule has 0 aromatic rings. The molecule has 1 rings (SSSR count). The summed E-state index contributed by atoms with van der Waals surface area (Å²) >= 11 is 0. The second-order valence-corrected chi connectivity index (χ2v) is 6.53. The first kappa shape index (κ1) is 15.2. The lowest BCUT2D eigenvalue weighted by Gasteiger charge is -2.34. The molecule has 1 aliphatic heterocycles. The van der Waals surface area contributed by atoms with E-state index in [0.29, 0.717) is 0 Å². The van der Waals surface area contributed by atoms with Crippen LogP contribution in [-0.2, 0) is 4.79 Å². The van der Waals surface area contributed by atoms with Crippen molar-refractivity contribution < 1.29 is 4.79 Å². The van der Waals surface area contributed by atoms with E-state index in [2.05, 4.69) is 55.4 Å². The van der Waals surface area contributed by atoms with Gasteiger partial charge in [-0.05, 0) is 25.7 Å². The van der Waals surface area contributed by atoms with E-state index in [0.717, 1.165) is 5.84 Å². The van der Waals surface area contributed by atoms with Crippen LogP contribution in [-0.4, -0.2) is 28.2 Å². The van der Waals surface area contributed by atoms with Gasteiger partial charge in [-0.3, -0.25) is 14.7 Å². The number of hydrogen-bond acceptors (Lipinski definition) is 2. The highest BCUT2D eigenvalue weighted by Crippen LogP contribution is 2.39. The lowest BCUT2D eigenvalue weighted by atomic mass is 9.77. The van der Waals surface area contributed by atoms with Crippen molar-refractivity contribution in [2.24, 2.45) is 22.7 Å². The third-order valence-corrected chi connectivity index (χ3v) is 3.90. The number of amides is 1. The maximum atomic E-state index is 12.9. The first-order valence-corrected chi connectivity index (χ1v) is 7.09. The first-order valence-electron chi connectivity index (χ1n) is 7.09. The zero-order chi connectivity index (χ0) is 14.2. The van der Waals surface area contributed by atoms with Gasteiger partial charge in [0, 0.05) is 12.0 Å². The molecule has 0 spiro atoms. The number of rotatable bonds is 4. The fourth-order valence-corrected chi connectivity index (χ4v) is 2.91. The molecular formula is C15H28N2O. The Bertz CT molecular complexity index is 346. The molecule has 0 fully saturated rings. The molecule has 0 bridgehead atoms. The number of carbonyl (C=O) groups is 1. The van der Waals surface area contributed by atoms with Gasteiger partial charge in [0.1, 0.15) is 11.4 Å². The summed E-state index contributed by atoms with van der Waals surface area (Å²) in [6.07, 6.45) is 0. The third kappa shape index (κ3) is 2.08. The number of aliphatic imine (C=N–C) groups is 1. The fraction of sp³-hybridized carbons (Fsp3) is 0.867. The van der Waals surface area contributed by atoms with Crippen molar-refractivity contribution in [1.29, 1.82) is 0 Å². The van der Waals surface area contributed by atoms with Gasteiger partial charge in [-0.15, -0.1) is 0 Å². The van der Waals surface area contributed by atoms with Crippen molar-refractivity contribution in [3.05, 3.63) is 0 Å². The van der Waals surface area contributed by atoms with Crippen LogP contribution in [0.3, 0.4) is 0 Å². The average molecular weight is 252 g/mol. The minimum absolute atomic E-state index is 0.179. The highest BCUT2D eigenvalue weighted by Gasteiger charge is 2.53. The van der Waals surface area contributed by atoms with E-state index in [1.54, 1.807) is 0 Å². The van der Waals surface area contributed by atoms with Crippen LogP contribution in [0.1, 0.15) is 55.4 Å². The van der Waals surface area contributed by atoms with Crippen LogP contribution >= 0.6 is 0 Å². The largest absolute Gasteiger partial charge is 0.296 e. The molecule has 0 atom stereocenters. The van der Waals surface area contributed by atoms with Crippen LogP contribution in [0.2, 0.25) is 0 Å². The third-order valence-electron chi connectivity index (χ3n) is 3.90. The Kier molecular flexibility index (Phi) is 4.24. The normalized spacial score (nSPS) is 19.7. The monoisotopic (exact) mass is 252 g/mol. The Morgan fingerprint density at radius 2 is 1.39 bits per heavy atom. The molecular weight excluding hydrogens is 224 g/mol. The van der Waals surface area contributed by atoms with E-state index in [9.17, 15) is 4.79 Å². The topological polar surface area (TPSA) is 32.7 Å². The van der Waals surface area contributed by atoms with Gasteiger partial charge < -0.3 is 0 Å². The quantitative estimate of drug-likeness (QED) is 0.755. The molecule has 3 nitrogen and oxygen atoms in total. The van der Waals surface area contributed by atoms with E-state index in [-0.39, 0.29) is 29.7 Å². The molecule has 18 heavy (non-hydrogen) atoms. The van der Waals surface area contributed by atoms with Crippen LogP contribution in [0.25, 0.3) is 0 Å². The number of carbonyl (C=O) groups excluding carboxylic acids is 1. The summed E-state index contributed by atoms with van der Waals surface area (Å²) < 4.78 is 0. The summed E-state index contributed by atoms with van der Waals surface area (Å²) in [6.45, 7) is 16.7. The van der Waals surface area contributed by atoms with E-state index < -0.39 is 5.54 Å². The second kappa shape index (κ2) is 5.02. The van der Waals surface area contributed by atoms with Gasteiger partial charge in [0.2, 0.25) is 0 Å². The van der Waals surface area contributed by atoms with Crippen molar-refractivity contribution in [2.45, 2.75) is 67.0 Å². The molecule has 0 unspecified atom stereocenters. The molecule has 0 saturated heterocycles. The molecule has 3 heteroatoms. The molecule has 1 aliphatic rings. The summed E-state index contributed by atoms with van der Waals surface area (Å²) in [4.78, 5) is 19.7. The summed E-state index contributed by atoms with van der Waals surface area (Å²) in [5.41, 5.74) is -0.566. The van der Waals surface area contributed by atoms with Crippen LogP contribution < -0.4 is 0 Å². The molecule has 0 aromatic carbocycles. The van der Waals surface area contributed by atoms with Crippen molar-refractivity contribution in [3.8, 4) is 0 Å². The molecule has 1 heterocycles. The molecule has 104 valence electrons. The maximum Gasteiger partial charge on any atom is 0.256 e. The minimum Gasteiger partial charge on any atom is -0.296 e. The number of hydrogen-bond donors (Lipinski definition) is 0. The Labute approximate surface area is 112 Å². The molecule has 0 N–H and O–H groups in total. The predicted molar refractivity (Wildman–Crippen MR) is 76.7 cm³/mol. The van der Waals surface area contributed by atoms with Gasteiger partial charge >= 0.3 is 0 Å². The smallest absolute Gasteiger partial charge is 0.256 e. The van der Waals surface area contributed by atoms with E-state index in [1.165, 1.54) is 0 Å². The molecule has 0 saturated carbocycles. The summed E-state index contributed by atoms with van der Waals surface area (Å²) in [7, 11) is 0. The standard InChI is InChI=1S/C15H28N2O/c1-9(2)13-16-15(10(3)4,11(5)6)14(18)17(13)12(7)8/h9-12H,1-8H3. The maximum absolute atomic E-state index is 12.9. The van der Waals surface area contributed by atoms with E-state index in [4.69, 9.17) is 4.99 Å². The minimum atomic E-state index is -0.566. The molecule has 0 aliphatic carbocycles. The zero-order valence-corrected chi connectivity index (χ0v) is 13.1. The SMILES string of the molecule is CC(C)C1=NC(C(C)C)(C(C)C)C(=O)N1C(C)C. The van der Waals surface area contributed by atoms with Crippen molar-refractivity contribution in [2.75, 3.05) is 0 Å². The van der Waals surface area contributed by atoms with Crippen LogP contribution in [0.15, 0.2) is 4.99 Å². The van der Waals surface area contributed by atoms with E-state index in [1.807, 2.05) is 4.90 Å². The van der Waals surface area contributed by atoms with Gasteiger partial charge in [-0.25, -0.2) is 0 Å².